The van der Waals surface area contributed by atoms with E-state index in [0.717, 1.165) is 16.0 Å². The van der Waals surface area contributed by atoms with E-state index in [1.807, 2.05) is 41.8 Å². The lowest BCUT2D eigenvalue weighted by Gasteiger charge is -2.23. The lowest BCUT2D eigenvalue weighted by atomic mass is 10.0. The minimum absolute atomic E-state index is 0.0147. The quantitative estimate of drug-likeness (QED) is 0.914. The molecule has 0 saturated carbocycles. The Kier molecular flexibility index (Phi) is 4.01. The molecule has 1 fully saturated rings. The Morgan fingerprint density at radius 2 is 2.05 bits per heavy atom. The third-order valence-corrected chi connectivity index (χ3v) is 4.47. The summed E-state index contributed by atoms with van der Waals surface area (Å²) < 4.78 is 0. The number of nitrogens with one attached hydrogen (secondary N) is 2. The van der Waals surface area contributed by atoms with Crippen LogP contribution < -0.4 is 10.6 Å². The average molecular weight is 300 g/mol. The van der Waals surface area contributed by atoms with Crippen LogP contribution in [0.5, 0.6) is 0 Å². The van der Waals surface area contributed by atoms with E-state index < -0.39 is 0 Å². The average Bonchev–Trinajstić information content (AvgIpc) is 3.00. The molecule has 1 saturated heterocycles. The first-order valence-corrected chi connectivity index (χ1v) is 7.82. The van der Waals surface area contributed by atoms with Gasteiger partial charge in [-0.15, -0.1) is 11.3 Å². The van der Waals surface area contributed by atoms with Crippen LogP contribution in [0.3, 0.4) is 0 Å². The molecule has 1 aromatic heterocycles. The van der Waals surface area contributed by atoms with Crippen molar-refractivity contribution in [1.29, 1.82) is 0 Å². The van der Waals surface area contributed by atoms with Crippen LogP contribution in [-0.4, -0.2) is 24.4 Å². The smallest absolute Gasteiger partial charge is 0.262 e. The molecule has 21 heavy (non-hydrogen) atoms. The first-order valence-electron chi connectivity index (χ1n) is 6.94. The third kappa shape index (κ3) is 3.13. The molecule has 1 aliphatic rings. The summed E-state index contributed by atoms with van der Waals surface area (Å²) in [6, 6.07) is 11.9. The fraction of sp³-hybridized carbons (Fsp3) is 0.250. The van der Waals surface area contributed by atoms with Crippen molar-refractivity contribution < 1.29 is 9.59 Å². The van der Waals surface area contributed by atoms with Crippen LogP contribution in [0.25, 0.3) is 11.1 Å². The molecule has 5 heteroatoms. The molecule has 0 radical (unpaired) electrons. The van der Waals surface area contributed by atoms with Gasteiger partial charge in [-0.1, -0.05) is 30.3 Å². The van der Waals surface area contributed by atoms with Crippen LogP contribution in [0.15, 0.2) is 41.8 Å². The molecule has 1 atom stereocenters. The van der Waals surface area contributed by atoms with Gasteiger partial charge in [0.15, 0.2) is 0 Å². The van der Waals surface area contributed by atoms with Crippen LogP contribution in [-0.2, 0) is 4.79 Å². The summed E-state index contributed by atoms with van der Waals surface area (Å²) in [5, 5.41) is 7.72. The van der Waals surface area contributed by atoms with Crippen molar-refractivity contribution >= 4 is 23.2 Å². The van der Waals surface area contributed by atoms with Gasteiger partial charge in [-0.2, -0.15) is 0 Å². The third-order valence-electron chi connectivity index (χ3n) is 3.56. The van der Waals surface area contributed by atoms with Gasteiger partial charge in [0.2, 0.25) is 5.91 Å². The SMILES string of the molecule is O=C1CCC(NC(=O)c2sccc2-c2ccccc2)CN1. The maximum Gasteiger partial charge on any atom is 0.262 e. The maximum atomic E-state index is 12.4. The summed E-state index contributed by atoms with van der Waals surface area (Å²) in [7, 11) is 0. The van der Waals surface area contributed by atoms with Gasteiger partial charge in [0.05, 0.1) is 4.88 Å². The molecule has 2 amide bonds. The van der Waals surface area contributed by atoms with Crippen molar-refractivity contribution in [2.45, 2.75) is 18.9 Å². The van der Waals surface area contributed by atoms with Crippen LogP contribution >= 0.6 is 11.3 Å². The molecular formula is C16H16N2O2S. The van der Waals surface area contributed by atoms with Gasteiger partial charge >= 0.3 is 0 Å². The Balaban J connectivity index is 1.74. The first-order chi connectivity index (χ1) is 10.2. The Bertz CT molecular complexity index is 641. The van der Waals surface area contributed by atoms with E-state index in [0.29, 0.717) is 19.4 Å². The highest BCUT2D eigenvalue weighted by Gasteiger charge is 2.22. The number of thiophene rings is 1. The topological polar surface area (TPSA) is 58.2 Å². The molecule has 4 nitrogen and oxygen atoms in total. The fourth-order valence-electron chi connectivity index (χ4n) is 2.44. The van der Waals surface area contributed by atoms with E-state index in [1.165, 1.54) is 11.3 Å². The Labute approximate surface area is 127 Å². The molecule has 2 aromatic rings. The summed E-state index contributed by atoms with van der Waals surface area (Å²) in [6.45, 7) is 0.511. The molecule has 3 rings (SSSR count). The largest absolute Gasteiger partial charge is 0.354 e. The zero-order chi connectivity index (χ0) is 14.7. The molecule has 2 N–H and O–H groups in total. The standard InChI is InChI=1S/C16H16N2O2S/c19-14-7-6-12(10-17-14)18-16(20)15-13(8-9-21-15)11-4-2-1-3-5-11/h1-5,8-9,12H,6-7,10H2,(H,17,19)(H,18,20). The molecule has 0 spiro atoms. The van der Waals surface area contributed by atoms with Crippen molar-refractivity contribution in [3.63, 3.8) is 0 Å². The number of amides is 2. The van der Waals surface area contributed by atoms with Crippen molar-refractivity contribution in [3.05, 3.63) is 46.7 Å². The summed E-state index contributed by atoms with van der Waals surface area (Å²) in [6.07, 6.45) is 1.17. The van der Waals surface area contributed by atoms with Gasteiger partial charge in [0.1, 0.15) is 0 Å². The second-order valence-electron chi connectivity index (χ2n) is 5.04. The molecule has 2 heterocycles. The highest BCUT2D eigenvalue weighted by molar-refractivity contribution is 7.12. The van der Waals surface area contributed by atoms with Gasteiger partial charge in [0.25, 0.3) is 5.91 Å². The highest BCUT2D eigenvalue weighted by Crippen LogP contribution is 2.28. The zero-order valence-corrected chi connectivity index (χ0v) is 12.3. The van der Waals surface area contributed by atoms with Gasteiger partial charge in [-0.3, -0.25) is 9.59 Å². The Hall–Kier alpha value is -2.14. The minimum atomic E-state index is -0.0648. The second kappa shape index (κ2) is 6.10. The highest BCUT2D eigenvalue weighted by atomic mass is 32.1. The summed E-state index contributed by atoms with van der Waals surface area (Å²) in [5.74, 6) is -0.00778. The Morgan fingerprint density at radius 3 is 2.76 bits per heavy atom. The number of carbonyl (C=O) groups excluding carboxylic acids is 2. The Morgan fingerprint density at radius 1 is 1.24 bits per heavy atom. The van der Waals surface area contributed by atoms with E-state index >= 15 is 0 Å². The normalized spacial score (nSPS) is 18.1. The van der Waals surface area contributed by atoms with E-state index in [4.69, 9.17) is 0 Å². The number of rotatable bonds is 3. The number of benzene rings is 1. The van der Waals surface area contributed by atoms with Gasteiger partial charge in [-0.05, 0) is 23.4 Å². The van der Waals surface area contributed by atoms with Crippen LogP contribution in [0.4, 0.5) is 0 Å². The predicted octanol–water partition coefficient (Wildman–Crippen LogP) is 2.42. The van der Waals surface area contributed by atoms with E-state index in [1.54, 1.807) is 0 Å². The van der Waals surface area contributed by atoms with E-state index in [9.17, 15) is 9.59 Å². The number of hydrogen-bond donors (Lipinski definition) is 2. The monoisotopic (exact) mass is 300 g/mol. The van der Waals surface area contributed by atoms with Crippen molar-refractivity contribution in [2.75, 3.05) is 6.54 Å². The molecule has 1 aliphatic heterocycles. The van der Waals surface area contributed by atoms with Crippen molar-refractivity contribution in [1.82, 2.24) is 10.6 Å². The summed E-state index contributed by atoms with van der Waals surface area (Å²) in [5.41, 5.74) is 2.00. The lowest BCUT2D eigenvalue weighted by Crippen LogP contribution is -2.47. The van der Waals surface area contributed by atoms with E-state index in [-0.39, 0.29) is 17.9 Å². The fourth-order valence-corrected chi connectivity index (χ4v) is 3.26. The summed E-state index contributed by atoms with van der Waals surface area (Å²) >= 11 is 1.44. The van der Waals surface area contributed by atoms with E-state index in [2.05, 4.69) is 10.6 Å². The maximum absolute atomic E-state index is 12.4. The molecule has 0 aliphatic carbocycles. The minimum Gasteiger partial charge on any atom is -0.354 e. The molecular weight excluding hydrogens is 284 g/mol. The van der Waals surface area contributed by atoms with Crippen LogP contribution in [0.2, 0.25) is 0 Å². The van der Waals surface area contributed by atoms with Crippen LogP contribution in [0.1, 0.15) is 22.5 Å². The number of piperidine rings is 1. The second-order valence-corrected chi connectivity index (χ2v) is 5.96. The molecule has 0 bridgehead atoms. The predicted molar refractivity (Wildman–Crippen MR) is 83.3 cm³/mol. The van der Waals surface area contributed by atoms with Crippen molar-refractivity contribution in [3.8, 4) is 11.1 Å². The molecule has 1 unspecified atom stereocenters. The summed E-state index contributed by atoms with van der Waals surface area (Å²) in [4.78, 5) is 24.3. The van der Waals surface area contributed by atoms with Gasteiger partial charge in [0, 0.05) is 24.6 Å². The number of hydrogen-bond acceptors (Lipinski definition) is 3. The lowest BCUT2D eigenvalue weighted by molar-refractivity contribution is -0.122. The van der Waals surface area contributed by atoms with Gasteiger partial charge < -0.3 is 10.6 Å². The van der Waals surface area contributed by atoms with Crippen LogP contribution in [0, 0.1) is 0 Å². The van der Waals surface area contributed by atoms with Crippen molar-refractivity contribution in [2.24, 2.45) is 0 Å². The first kappa shape index (κ1) is 13.8. The molecule has 1 aromatic carbocycles. The molecule has 108 valence electrons. The van der Waals surface area contributed by atoms with Gasteiger partial charge in [-0.25, -0.2) is 0 Å². The zero-order valence-electron chi connectivity index (χ0n) is 11.5. The number of carbonyl (C=O) groups is 2.